The van der Waals surface area contributed by atoms with Gasteiger partial charge in [-0.3, -0.25) is 24.2 Å². The average molecular weight is 368 g/mol. The van der Waals surface area contributed by atoms with Gasteiger partial charge < -0.3 is 15.7 Å². The third-order valence-electron chi connectivity index (χ3n) is 4.07. The van der Waals surface area contributed by atoms with Crippen molar-refractivity contribution in [1.29, 1.82) is 0 Å². The molecule has 1 saturated heterocycles. The maximum Gasteiger partial charge on any atom is 0.322 e. The SMILES string of the molecule is C=CCC(=O)N[C@H](C(=O)NC(C)C(=O)N1CCC[C@@H](C(=O)O)N1)C(C)C. The molecule has 0 bridgehead atoms. The van der Waals surface area contributed by atoms with E-state index in [1.54, 1.807) is 13.8 Å². The summed E-state index contributed by atoms with van der Waals surface area (Å²) >= 11 is 0. The summed E-state index contributed by atoms with van der Waals surface area (Å²) in [5.41, 5.74) is 2.66. The first-order valence-corrected chi connectivity index (χ1v) is 8.68. The highest BCUT2D eigenvalue weighted by atomic mass is 16.4. The Morgan fingerprint density at radius 1 is 1.27 bits per heavy atom. The molecule has 3 atom stereocenters. The molecule has 0 aromatic carbocycles. The number of carbonyl (C=O) groups excluding carboxylic acids is 3. The normalized spacial score (nSPS) is 19.4. The van der Waals surface area contributed by atoms with Gasteiger partial charge >= 0.3 is 5.97 Å². The number of amides is 3. The summed E-state index contributed by atoms with van der Waals surface area (Å²) in [7, 11) is 0. The van der Waals surface area contributed by atoms with E-state index in [-0.39, 0.29) is 18.2 Å². The van der Waals surface area contributed by atoms with Gasteiger partial charge in [0, 0.05) is 13.0 Å². The number of carboxylic acid groups (broad SMARTS) is 1. The van der Waals surface area contributed by atoms with E-state index >= 15 is 0 Å². The van der Waals surface area contributed by atoms with E-state index in [2.05, 4.69) is 22.6 Å². The Labute approximate surface area is 153 Å². The number of carboxylic acids is 1. The molecule has 0 radical (unpaired) electrons. The quantitative estimate of drug-likeness (QED) is 0.439. The second kappa shape index (κ2) is 9.91. The van der Waals surface area contributed by atoms with Crippen molar-refractivity contribution in [2.24, 2.45) is 5.92 Å². The van der Waals surface area contributed by atoms with Gasteiger partial charge in [0.25, 0.3) is 5.91 Å². The van der Waals surface area contributed by atoms with Crippen LogP contribution < -0.4 is 16.1 Å². The van der Waals surface area contributed by atoms with Gasteiger partial charge in [-0.2, -0.15) is 0 Å². The van der Waals surface area contributed by atoms with Crippen LogP contribution in [-0.4, -0.2) is 58.5 Å². The number of nitrogens with one attached hydrogen (secondary N) is 3. The summed E-state index contributed by atoms with van der Waals surface area (Å²) in [6.45, 7) is 8.94. The lowest BCUT2D eigenvalue weighted by Crippen LogP contribution is -2.60. The van der Waals surface area contributed by atoms with Crippen LogP contribution in [0.1, 0.15) is 40.0 Å². The highest BCUT2D eigenvalue weighted by Crippen LogP contribution is 2.09. The molecule has 1 rings (SSSR count). The fourth-order valence-electron chi connectivity index (χ4n) is 2.62. The summed E-state index contributed by atoms with van der Waals surface area (Å²) in [6, 6.07) is -2.46. The number of hydrogen-bond donors (Lipinski definition) is 4. The summed E-state index contributed by atoms with van der Waals surface area (Å²) in [5.74, 6) is -2.41. The van der Waals surface area contributed by atoms with Crippen LogP contribution in [0.4, 0.5) is 0 Å². The van der Waals surface area contributed by atoms with Crippen LogP contribution in [0.3, 0.4) is 0 Å². The van der Waals surface area contributed by atoms with E-state index < -0.39 is 35.9 Å². The molecule has 26 heavy (non-hydrogen) atoms. The Bertz CT molecular complexity index is 563. The van der Waals surface area contributed by atoms with Crippen LogP contribution in [0.15, 0.2) is 12.7 Å². The minimum atomic E-state index is -1.02. The first-order valence-electron chi connectivity index (χ1n) is 8.68. The number of hydrazine groups is 1. The van der Waals surface area contributed by atoms with Gasteiger partial charge in [0.1, 0.15) is 18.1 Å². The van der Waals surface area contributed by atoms with Crippen molar-refractivity contribution in [2.75, 3.05) is 6.54 Å². The van der Waals surface area contributed by atoms with Crippen LogP contribution in [0.25, 0.3) is 0 Å². The van der Waals surface area contributed by atoms with Gasteiger partial charge in [-0.25, -0.2) is 5.43 Å². The maximum absolute atomic E-state index is 12.5. The Morgan fingerprint density at radius 2 is 1.92 bits per heavy atom. The molecule has 9 heteroatoms. The van der Waals surface area contributed by atoms with Crippen molar-refractivity contribution in [3.8, 4) is 0 Å². The maximum atomic E-state index is 12.5. The second-order valence-corrected chi connectivity index (χ2v) is 6.66. The van der Waals surface area contributed by atoms with Crippen LogP contribution in [0.5, 0.6) is 0 Å². The zero-order chi connectivity index (χ0) is 19.9. The minimum absolute atomic E-state index is 0.0965. The van der Waals surface area contributed by atoms with Crippen molar-refractivity contribution >= 4 is 23.7 Å². The fraction of sp³-hybridized carbons (Fsp3) is 0.647. The molecule has 3 amide bonds. The molecule has 1 unspecified atom stereocenters. The predicted molar refractivity (Wildman–Crippen MR) is 94.7 cm³/mol. The predicted octanol–water partition coefficient (Wildman–Crippen LogP) is -0.212. The van der Waals surface area contributed by atoms with Gasteiger partial charge in [-0.05, 0) is 25.7 Å². The van der Waals surface area contributed by atoms with Crippen LogP contribution >= 0.6 is 0 Å². The third-order valence-corrected chi connectivity index (χ3v) is 4.07. The molecule has 0 spiro atoms. The van der Waals surface area contributed by atoms with Crippen LogP contribution in [0, 0.1) is 5.92 Å². The highest BCUT2D eigenvalue weighted by molar-refractivity contribution is 5.92. The monoisotopic (exact) mass is 368 g/mol. The molecular formula is C17H28N4O5. The average Bonchev–Trinajstić information content (AvgIpc) is 2.58. The van der Waals surface area contributed by atoms with Crippen molar-refractivity contribution < 1.29 is 24.3 Å². The standard InChI is InChI=1S/C17H28N4O5/c1-5-7-13(22)19-14(10(2)3)15(23)18-11(4)16(24)21-9-6-8-12(20-21)17(25)26/h5,10-12,14,20H,1,6-9H2,2-4H3,(H,18,23)(H,19,22)(H,25,26)/t11?,12-,14-/m0/s1. The van der Waals surface area contributed by atoms with Crippen molar-refractivity contribution in [3.05, 3.63) is 12.7 Å². The Balaban J connectivity index is 2.68. The van der Waals surface area contributed by atoms with Crippen molar-refractivity contribution in [3.63, 3.8) is 0 Å². The smallest absolute Gasteiger partial charge is 0.322 e. The lowest BCUT2D eigenvalue weighted by atomic mass is 10.0. The molecule has 1 aliphatic heterocycles. The number of aliphatic carboxylic acids is 1. The lowest BCUT2D eigenvalue weighted by Gasteiger charge is -2.34. The summed E-state index contributed by atoms with van der Waals surface area (Å²) in [5, 5.41) is 15.5. The summed E-state index contributed by atoms with van der Waals surface area (Å²) in [6.07, 6.45) is 2.53. The fourth-order valence-corrected chi connectivity index (χ4v) is 2.62. The van der Waals surface area contributed by atoms with Gasteiger partial charge in [0.15, 0.2) is 0 Å². The molecule has 1 fully saturated rings. The number of hydrogen-bond acceptors (Lipinski definition) is 5. The number of rotatable bonds is 8. The van der Waals surface area contributed by atoms with E-state index in [1.165, 1.54) is 18.0 Å². The summed E-state index contributed by atoms with van der Waals surface area (Å²) in [4.78, 5) is 47.7. The highest BCUT2D eigenvalue weighted by Gasteiger charge is 2.32. The third kappa shape index (κ3) is 6.14. The molecule has 1 heterocycles. The zero-order valence-electron chi connectivity index (χ0n) is 15.4. The molecule has 0 aliphatic carbocycles. The molecule has 0 aromatic heterocycles. The van der Waals surface area contributed by atoms with E-state index in [9.17, 15) is 19.2 Å². The van der Waals surface area contributed by atoms with Gasteiger partial charge in [-0.1, -0.05) is 19.9 Å². The lowest BCUT2D eigenvalue weighted by molar-refractivity contribution is -0.148. The topological polar surface area (TPSA) is 128 Å². The van der Waals surface area contributed by atoms with E-state index in [1.807, 2.05) is 0 Å². The van der Waals surface area contributed by atoms with Gasteiger partial charge in [0.05, 0.1) is 0 Å². The Morgan fingerprint density at radius 3 is 2.46 bits per heavy atom. The molecular weight excluding hydrogens is 340 g/mol. The van der Waals surface area contributed by atoms with Crippen LogP contribution in [-0.2, 0) is 19.2 Å². The largest absolute Gasteiger partial charge is 0.480 e. The molecule has 146 valence electrons. The molecule has 9 nitrogen and oxygen atoms in total. The van der Waals surface area contributed by atoms with E-state index in [0.29, 0.717) is 19.4 Å². The Kier molecular flexibility index (Phi) is 8.24. The molecule has 0 aromatic rings. The number of nitrogens with zero attached hydrogens (tertiary/aromatic N) is 1. The van der Waals surface area contributed by atoms with E-state index in [0.717, 1.165) is 0 Å². The minimum Gasteiger partial charge on any atom is -0.480 e. The molecule has 0 saturated carbocycles. The molecule has 4 N–H and O–H groups in total. The van der Waals surface area contributed by atoms with Gasteiger partial charge in [-0.15, -0.1) is 6.58 Å². The second-order valence-electron chi connectivity index (χ2n) is 6.66. The number of carbonyl (C=O) groups is 4. The zero-order valence-corrected chi connectivity index (χ0v) is 15.4. The van der Waals surface area contributed by atoms with Crippen molar-refractivity contribution in [2.45, 2.75) is 58.2 Å². The van der Waals surface area contributed by atoms with Gasteiger partial charge in [0.2, 0.25) is 11.8 Å². The Hall–Kier alpha value is -2.42. The van der Waals surface area contributed by atoms with Crippen molar-refractivity contribution in [1.82, 2.24) is 21.1 Å². The summed E-state index contributed by atoms with van der Waals surface area (Å²) < 4.78 is 0. The first-order chi connectivity index (χ1) is 12.2. The molecule has 1 aliphatic rings. The first kappa shape index (κ1) is 21.6. The van der Waals surface area contributed by atoms with Crippen LogP contribution in [0.2, 0.25) is 0 Å². The van der Waals surface area contributed by atoms with E-state index in [4.69, 9.17) is 5.11 Å².